The molecule has 0 aliphatic heterocycles. The monoisotopic (exact) mass is 497 g/mol. The van der Waals surface area contributed by atoms with Crippen LogP contribution in [-0.2, 0) is 9.53 Å². The minimum absolute atomic E-state index is 0.0535. The van der Waals surface area contributed by atoms with Crippen molar-refractivity contribution < 1.29 is 18.7 Å². The SMILES string of the molecule is COC(=O)[C@@H]1C[C@H]1c1ccc(-c2cccc(-n3cc(C(=O)NC4CC4)c(=O)c4cccnc43)c2)cc1F. The molecule has 2 aromatic heterocycles. The minimum Gasteiger partial charge on any atom is -0.469 e. The molecule has 2 aromatic carbocycles. The van der Waals surface area contributed by atoms with Gasteiger partial charge in [-0.15, -0.1) is 0 Å². The number of amides is 1. The lowest BCUT2D eigenvalue weighted by Gasteiger charge is -2.14. The van der Waals surface area contributed by atoms with Crippen LogP contribution in [0.2, 0.25) is 0 Å². The number of pyridine rings is 2. The molecule has 0 saturated heterocycles. The van der Waals surface area contributed by atoms with E-state index in [1.54, 1.807) is 29.0 Å². The van der Waals surface area contributed by atoms with E-state index < -0.39 is 5.91 Å². The summed E-state index contributed by atoms with van der Waals surface area (Å²) in [5.74, 6) is -1.53. The van der Waals surface area contributed by atoms with Crippen LogP contribution in [0.15, 0.2) is 71.8 Å². The molecule has 37 heavy (non-hydrogen) atoms. The van der Waals surface area contributed by atoms with Crippen LogP contribution in [0, 0.1) is 11.7 Å². The van der Waals surface area contributed by atoms with Crippen LogP contribution in [-0.4, -0.2) is 34.6 Å². The molecule has 186 valence electrons. The van der Waals surface area contributed by atoms with Gasteiger partial charge in [0.1, 0.15) is 17.0 Å². The van der Waals surface area contributed by atoms with Crippen LogP contribution in [0.25, 0.3) is 27.8 Å². The van der Waals surface area contributed by atoms with Crippen molar-refractivity contribution >= 4 is 22.9 Å². The standard InChI is InChI=1S/C29H24FN3O4/c1-37-29(36)23-14-22(23)20-10-7-17(13-25(20)30)16-4-2-5-19(12-16)33-15-24(28(35)32-18-8-9-18)26(34)21-6-3-11-31-27(21)33/h2-7,10-13,15,18,22-23H,8-9,14H2,1H3,(H,32,35)/t22-,23+/m0/s1. The highest BCUT2D eigenvalue weighted by atomic mass is 19.1. The van der Waals surface area contributed by atoms with Crippen LogP contribution in [0.3, 0.4) is 0 Å². The average Bonchev–Trinajstić information content (AvgIpc) is 3.85. The number of carbonyl (C=O) groups is 2. The highest BCUT2D eigenvalue weighted by Crippen LogP contribution is 2.49. The van der Waals surface area contributed by atoms with Crippen molar-refractivity contribution in [2.24, 2.45) is 5.92 Å². The Morgan fingerprint density at radius 1 is 1.08 bits per heavy atom. The predicted molar refractivity (Wildman–Crippen MR) is 136 cm³/mol. The van der Waals surface area contributed by atoms with Crippen molar-refractivity contribution in [3.05, 3.63) is 94.2 Å². The molecule has 2 aliphatic rings. The van der Waals surface area contributed by atoms with Crippen molar-refractivity contribution in [3.63, 3.8) is 0 Å². The van der Waals surface area contributed by atoms with Crippen molar-refractivity contribution in [2.45, 2.75) is 31.2 Å². The lowest BCUT2D eigenvalue weighted by atomic mass is 10.0. The Labute approximate surface area is 211 Å². The molecule has 2 saturated carbocycles. The molecule has 0 bridgehead atoms. The topological polar surface area (TPSA) is 90.3 Å². The van der Waals surface area contributed by atoms with Crippen LogP contribution in [0.5, 0.6) is 0 Å². The summed E-state index contributed by atoms with van der Waals surface area (Å²) in [7, 11) is 1.34. The third-order valence-electron chi connectivity index (χ3n) is 7.07. The number of methoxy groups -OCH3 is 1. The molecule has 1 N–H and O–H groups in total. The second-order valence-corrected chi connectivity index (χ2v) is 9.62. The Bertz CT molecular complexity index is 1630. The van der Waals surface area contributed by atoms with Gasteiger partial charge >= 0.3 is 5.97 Å². The summed E-state index contributed by atoms with van der Waals surface area (Å²) < 4.78 is 21.6. The number of ether oxygens (including phenoxy) is 1. The fraction of sp³-hybridized carbons (Fsp3) is 0.241. The normalized spacial score (nSPS) is 18.4. The second kappa shape index (κ2) is 8.96. The van der Waals surface area contributed by atoms with Gasteiger partial charge in [0.15, 0.2) is 0 Å². The number of nitrogens with one attached hydrogen (secondary N) is 1. The van der Waals surface area contributed by atoms with Crippen molar-refractivity contribution in [1.82, 2.24) is 14.9 Å². The van der Waals surface area contributed by atoms with Crippen LogP contribution >= 0.6 is 0 Å². The number of halogens is 1. The molecule has 7 nitrogen and oxygen atoms in total. The van der Waals surface area contributed by atoms with E-state index in [2.05, 4.69) is 10.3 Å². The number of hydrogen-bond donors (Lipinski definition) is 1. The van der Waals surface area contributed by atoms with Gasteiger partial charge in [-0.2, -0.15) is 0 Å². The highest BCUT2D eigenvalue weighted by molar-refractivity contribution is 5.97. The molecule has 1 amide bonds. The van der Waals surface area contributed by atoms with Crippen LogP contribution in [0.1, 0.15) is 41.1 Å². The van der Waals surface area contributed by atoms with E-state index in [-0.39, 0.29) is 40.7 Å². The molecule has 2 atom stereocenters. The molecule has 4 aromatic rings. The maximum absolute atomic E-state index is 15.0. The van der Waals surface area contributed by atoms with Crippen molar-refractivity contribution in [1.29, 1.82) is 0 Å². The van der Waals surface area contributed by atoms with Gasteiger partial charge in [-0.25, -0.2) is 9.37 Å². The molecule has 6 rings (SSSR count). The van der Waals surface area contributed by atoms with Gasteiger partial charge in [-0.3, -0.25) is 14.4 Å². The van der Waals surface area contributed by atoms with Gasteiger partial charge in [0.2, 0.25) is 5.43 Å². The summed E-state index contributed by atoms with van der Waals surface area (Å²) in [4.78, 5) is 42.1. The number of carbonyl (C=O) groups excluding carboxylic acids is 2. The molecular weight excluding hydrogens is 473 g/mol. The molecule has 2 fully saturated rings. The fourth-order valence-electron chi connectivity index (χ4n) is 4.80. The van der Waals surface area contributed by atoms with Gasteiger partial charge in [0.25, 0.3) is 5.91 Å². The zero-order valence-electron chi connectivity index (χ0n) is 20.1. The quantitative estimate of drug-likeness (QED) is 0.400. The average molecular weight is 498 g/mol. The van der Waals surface area contributed by atoms with E-state index in [9.17, 15) is 14.4 Å². The number of esters is 1. The molecule has 0 unspecified atom stereocenters. The summed E-state index contributed by atoms with van der Waals surface area (Å²) in [6.45, 7) is 0. The summed E-state index contributed by atoms with van der Waals surface area (Å²) in [6.07, 6.45) is 5.53. The predicted octanol–water partition coefficient (Wildman–Crippen LogP) is 4.36. The van der Waals surface area contributed by atoms with E-state index >= 15 is 4.39 Å². The lowest BCUT2D eigenvalue weighted by molar-refractivity contribution is -0.142. The molecule has 8 heteroatoms. The first-order chi connectivity index (χ1) is 17.9. The van der Waals surface area contributed by atoms with Crippen LogP contribution < -0.4 is 10.7 Å². The molecule has 2 heterocycles. The first kappa shape index (κ1) is 23.1. The minimum atomic E-state index is -0.397. The maximum atomic E-state index is 15.0. The summed E-state index contributed by atoms with van der Waals surface area (Å²) in [5.41, 5.74) is 2.74. The third kappa shape index (κ3) is 4.28. The van der Waals surface area contributed by atoms with Gasteiger partial charge in [-0.1, -0.05) is 24.3 Å². The number of hydrogen-bond acceptors (Lipinski definition) is 5. The number of aromatic nitrogens is 2. The van der Waals surface area contributed by atoms with Gasteiger partial charge < -0.3 is 14.6 Å². The number of nitrogens with zero attached hydrogens (tertiary/aromatic N) is 2. The number of rotatable bonds is 6. The van der Waals surface area contributed by atoms with E-state index in [0.717, 1.165) is 18.4 Å². The number of fused-ring (bicyclic) bond motifs is 1. The Balaban J connectivity index is 1.38. The molecule has 0 spiro atoms. The molecule has 0 radical (unpaired) electrons. The second-order valence-electron chi connectivity index (χ2n) is 9.62. The van der Waals surface area contributed by atoms with Gasteiger partial charge in [0, 0.05) is 30.0 Å². The Morgan fingerprint density at radius 2 is 1.89 bits per heavy atom. The highest BCUT2D eigenvalue weighted by Gasteiger charge is 2.46. The molecular formula is C29H24FN3O4. The van der Waals surface area contributed by atoms with E-state index in [1.165, 1.54) is 19.4 Å². The summed E-state index contributed by atoms with van der Waals surface area (Å²) in [6, 6.07) is 15.9. The van der Waals surface area contributed by atoms with E-state index in [0.29, 0.717) is 34.3 Å². The largest absolute Gasteiger partial charge is 0.469 e. The Kier molecular flexibility index (Phi) is 5.59. The first-order valence-corrected chi connectivity index (χ1v) is 12.2. The van der Waals surface area contributed by atoms with Gasteiger partial charge in [-0.05, 0) is 66.3 Å². The van der Waals surface area contributed by atoms with E-state index in [1.807, 2.05) is 30.3 Å². The first-order valence-electron chi connectivity index (χ1n) is 12.2. The molecule has 2 aliphatic carbocycles. The Morgan fingerprint density at radius 3 is 2.65 bits per heavy atom. The maximum Gasteiger partial charge on any atom is 0.309 e. The van der Waals surface area contributed by atoms with Crippen molar-refractivity contribution in [3.8, 4) is 16.8 Å². The Hall–Kier alpha value is -4.33. The van der Waals surface area contributed by atoms with Crippen molar-refractivity contribution in [2.75, 3.05) is 7.11 Å². The van der Waals surface area contributed by atoms with Gasteiger partial charge in [0.05, 0.1) is 18.4 Å². The fourth-order valence-corrected chi connectivity index (χ4v) is 4.80. The smallest absolute Gasteiger partial charge is 0.309 e. The van der Waals surface area contributed by atoms with E-state index in [4.69, 9.17) is 4.74 Å². The summed E-state index contributed by atoms with van der Waals surface area (Å²) in [5, 5.41) is 3.23. The summed E-state index contributed by atoms with van der Waals surface area (Å²) >= 11 is 0. The zero-order valence-corrected chi connectivity index (χ0v) is 20.1. The van der Waals surface area contributed by atoms with Crippen LogP contribution in [0.4, 0.5) is 4.39 Å². The third-order valence-corrected chi connectivity index (χ3v) is 7.07. The number of benzene rings is 2. The zero-order chi connectivity index (χ0) is 25.7. The lowest BCUT2D eigenvalue weighted by Crippen LogP contribution is -2.31.